The first-order valence-corrected chi connectivity index (χ1v) is 24.9. The van der Waals surface area contributed by atoms with Crippen molar-refractivity contribution in [1.82, 2.24) is 42.1 Å². The third kappa shape index (κ3) is 22.1. The molecule has 0 radical (unpaired) electrons. The van der Waals surface area contributed by atoms with Gasteiger partial charge in [-0.05, 0) is 74.5 Å². The van der Waals surface area contributed by atoms with Gasteiger partial charge in [0.05, 0.1) is 19.1 Å². The topological polar surface area (TPSA) is 415 Å². The number of rotatable bonds is 32. The second kappa shape index (κ2) is 31.4. The van der Waals surface area contributed by atoms with E-state index in [1.165, 1.54) is 0 Å². The van der Waals surface area contributed by atoms with Gasteiger partial charge in [0.15, 0.2) is 5.96 Å². The van der Waals surface area contributed by atoms with E-state index in [2.05, 4.69) is 42.2 Å². The molecule has 1 heterocycles. The number of carboxylic acids is 1. The SMILES string of the molecule is CC[C@H](C)[C@H](NC(=O)[C@@H]1CCCN1C(=O)[C@H](CC(N)=O)NC(=O)[C@H](CCCN=C(N)N)NC(=O)[C@H](CC(C)C)NC(=O)[C@H](CO)NC(=O)[C@@H](N)CC(C)C)C(=O)N[C@@H](CC(C)C)C(=O)N[C@H](C(=O)O)C(C)C. The molecule has 25 heteroatoms. The zero-order valence-electron chi connectivity index (χ0n) is 43.7. The van der Waals surface area contributed by atoms with E-state index in [1.807, 2.05) is 27.7 Å². The molecule has 0 saturated carbocycles. The Hall–Kier alpha value is -6.11. The Morgan fingerprint density at radius 1 is 0.625 bits per heavy atom. The number of primary amides is 1. The molecule has 0 aromatic carbocycles. The smallest absolute Gasteiger partial charge is 0.326 e. The van der Waals surface area contributed by atoms with Gasteiger partial charge in [-0.15, -0.1) is 0 Å². The number of likely N-dealkylation sites (tertiary alicyclic amines) is 1. The number of aliphatic carboxylic acids is 1. The number of amides is 9. The fourth-order valence-corrected chi connectivity index (χ4v) is 7.97. The minimum absolute atomic E-state index is 0.00763. The number of carboxylic acid groups (broad SMARTS) is 1. The number of aliphatic hydroxyl groups is 1. The van der Waals surface area contributed by atoms with E-state index in [-0.39, 0.29) is 68.9 Å². The second-order valence-corrected chi connectivity index (χ2v) is 20.2. The molecule has 0 bridgehead atoms. The van der Waals surface area contributed by atoms with Crippen molar-refractivity contribution < 1.29 is 58.2 Å². The van der Waals surface area contributed by atoms with Crippen molar-refractivity contribution in [3.05, 3.63) is 0 Å². The lowest BCUT2D eigenvalue weighted by Crippen LogP contribution is -2.61. The number of guanidine groups is 1. The Morgan fingerprint density at radius 2 is 1.11 bits per heavy atom. The molecule has 9 amide bonds. The zero-order valence-corrected chi connectivity index (χ0v) is 43.7. The van der Waals surface area contributed by atoms with Crippen LogP contribution in [0.4, 0.5) is 0 Å². The molecule has 1 fully saturated rings. The Balaban J connectivity index is 3.48. The number of nitrogens with two attached hydrogens (primary N) is 4. The molecule has 1 rings (SSSR count). The molecular weight excluding hydrogens is 939 g/mol. The number of aliphatic hydroxyl groups excluding tert-OH is 1. The van der Waals surface area contributed by atoms with Crippen LogP contribution in [0.25, 0.3) is 0 Å². The van der Waals surface area contributed by atoms with Gasteiger partial charge in [-0.2, -0.15) is 0 Å². The van der Waals surface area contributed by atoms with Gasteiger partial charge >= 0.3 is 5.97 Å². The molecule has 0 spiro atoms. The normalized spacial score (nSPS) is 17.3. The Labute approximate surface area is 423 Å². The second-order valence-electron chi connectivity index (χ2n) is 20.2. The van der Waals surface area contributed by atoms with Crippen LogP contribution in [0.5, 0.6) is 0 Å². The van der Waals surface area contributed by atoms with Gasteiger partial charge in [-0.1, -0.05) is 75.7 Å². The summed E-state index contributed by atoms with van der Waals surface area (Å²) in [5.41, 5.74) is 22.5. The van der Waals surface area contributed by atoms with E-state index in [9.17, 15) is 58.2 Å². The summed E-state index contributed by atoms with van der Waals surface area (Å²) in [6.07, 6.45) is 0.614. The third-order valence-electron chi connectivity index (χ3n) is 12.0. The Kier molecular flexibility index (Phi) is 27.8. The van der Waals surface area contributed by atoms with Crippen molar-refractivity contribution in [3.8, 4) is 0 Å². The first-order valence-electron chi connectivity index (χ1n) is 24.9. The largest absolute Gasteiger partial charge is 0.480 e. The summed E-state index contributed by atoms with van der Waals surface area (Å²) in [6.45, 7) is 16.8. The lowest BCUT2D eigenvalue weighted by Gasteiger charge is -2.32. The molecule has 0 aliphatic carbocycles. The molecule has 10 atom stereocenters. The fraction of sp³-hybridized carbons (Fsp3) is 0.766. The summed E-state index contributed by atoms with van der Waals surface area (Å²) in [7, 11) is 0. The van der Waals surface area contributed by atoms with Crippen LogP contribution < -0.4 is 60.2 Å². The first kappa shape index (κ1) is 63.9. The van der Waals surface area contributed by atoms with Crippen molar-refractivity contribution in [2.45, 2.75) is 181 Å². The molecule has 1 aliphatic rings. The highest BCUT2D eigenvalue weighted by Gasteiger charge is 2.41. The standard InChI is InChI=1S/C47H85N13O12/c1-11-27(10)37(44(69)55-31(20-25(6)7)41(66)58-36(26(8)9)46(71)72)59-43(68)34-15-13-17-60(34)45(70)32(21-35(49)62)56-39(64)29(14-12-16-52-47(50)51)53-40(65)30(19-24(4)5)54-42(67)33(22-61)57-38(63)28(48)18-23(2)3/h23-34,36-37,61H,11-22,48H2,1-10H3,(H2,49,62)(H,53,65)(H,54,67)(H,55,69)(H,56,64)(H,57,63)(H,58,66)(H,59,68)(H,71,72)(H4,50,51,52)/t27-,28-,29-,30-,31-,32-,33-,34-,36-,37-/m0/s1. The molecule has 17 N–H and O–H groups in total. The number of carbonyl (C=O) groups excluding carboxylic acids is 9. The summed E-state index contributed by atoms with van der Waals surface area (Å²) < 4.78 is 0. The molecule has 410 valence electrons. The minimum Gasteiger partial charge on any atom is -0.480 e. The summed E-state index contributed by atoms with van der Waals surface area (Å²) in [5.74, 6) is -10.1. The maximum absolute atomic E-state index is 14.4. The van der Waals surface area contributed by atoms with Crippen molar-refractivity contribution in [3.63, 3.8) is 0 Å². The van der Waals surface area contributed by atoms with Crippen molar-refractivity contribution >= 4 is 65.1 Å². The van der Waals surface area contributed by atoms with Crippen LogP contribution in [0.3, 0.4) is 0 Å². The molecule has 1 saturated heterocycles. The summed E-state index contributed by atoms with van der Waals surface area (Å²) in [6, 6.07) is -11.6. The number of hydrogen-bond donors (Lipinski definition) is 13. The summed E-state index contributed by atoms with van der Waals surface area (Å²) in [5, 5.41) is 37.7. The molecule has 0 unspecified atom stereocenters. The molecule has 1 aliphatic heterocycles. The van der Waals surface area contributed by atoms with Gasteiger partial charge in [-0.25, -0.2) is 4.79 Å². The van der Waals surface area contributed by atoms with Gasteiger partial charge in [-0.3, -0.25) is 48.1 Å². The fourth-order valence-electron chi connectivity index (χ4n) is 7.97. The lowest BCUT2D eigenvalue weighted by molar-refractivity contribution is -0.144. The monoisotopic (exact) mass is 1020 g/mol. The van der Waals surface area contributed by atoms with Crippen LogP contribution in [0.15, 0.2) is 4.99 Å². The van der Waals surface area contributed by atoms with Crippen LogP contribution in [0.2, 0.25) is 0 Å². The van der Waals surface area contributed by atoms with Crippen molar-refractivity contribution in [2.75, 3.05) is 19.7 Å². The van der Waals surface area contributed by atoms with Crippen LogP contribution in [0.1, 0.15) is 127 Å². The van der Waals surface area contributed by atoms with E-state index in [0.717, 1.165) is 4.90 Å². The Bertz CT molecular complexity index is 1890. The predicted octanol–water partition coefficient (Wildman–Crippen LogP) is -2.46. The molecule has 0 aromatic heterocycles. The van der Waals surface area contributed by atoms with E-state index in [0.29, 0.717) is 19.3 Å². The molecule has 0 aromatic rings. The Morgan fingerprint density at radius 3 is 1.60 bits per heavy atom. The zero-order chi connectivity index (χ0) is 55.2. The quantitative estimate of drug-likeness (QED) is 0.0189. The molecule has 25 nitrogen and oxygen atoms in total. The number of nitrogens with one attached hydrogen (secondary N) is 7. The first-order chi connectivity index (χ1) is 33.5. The summed E-state index contributed by atoms with van der Waals surface area (Å²) >= 11 is 0. The van der Waals surface area contributed by atoms with Crippen LogP contribution >= 0.6 is 0 Å². The van der Waals surface area contributed by atoms with Crippen LogP contribution in [-0.2, 0) is 47.9 Å². The minimum atomic E-state index is -1.65. The number of hydrogen-bond acceptors (Lipinski definition) is 13. The van der Waals surface area contributed by atoms with E-state index in [1.54, 1.807) is 41.5 Å². The lowest BCUT2D eigenvalue weighted by atomic mass is 9.96. The molecular formula is C47H85N13O12. The number of carbonyl (C=O) groups is 10. The average molecular weight is 1020 g/mol. The average Bonchev–Trinajstić information content (AvgIpc) is 3.78. The van der Waals surface area contributed by atoms with Gasteiger partial charge < -0.3 is 75.3 Å². The van der Waals surface area contributed by atoms with E-state index >= 15 is 0 Å². The van der Waals surface area contributed by atoms with Crippen LogP contribution in [0, 0.1) is 29.6 Å². The number of aliphatic imine (C=N–C) groups is 1. The highest BCUT2D eigenvalue weighted by atomic mass is 16.4. The van der Waals surface area contributed by atoms with E-state index in [4.69, 9.17) is 22.9 Å². The van der Waals surface area contributed by atoms with E-state index < -0.39 is 138 Å². The van der Waals surface area contributed by atoms with Crippen molar-refractivity contribution in [2.24, 2.45) is 57.5 Å². The van der Waals surface area contributed by atoms with Gasteiger partial charge in [0.2, 0.25) is 53.2 Å². The van der Waals surface area contributed by atoms with Crippen LogP contribution in [-0.4, -0.2) is 154 Å². The summed E-state index contributed by atoms with van der Waals surface area (Å²) in [4.78, 5) is 140. The predicted molar refractivity (Wildman–Crippen MR) is 267 cm³/mol. The highest BCUT2D eigenvalue weighted by molar-refractivity contribution is 5.99. The maximum Gasteiger partial charge on any atom is 0.326 e. The highest BCUT2D eigenvalue weighted by Crippen LogP contribution is 2.21. The molecule has 72 heavy (non-hydrogen) atoms. The third-order valence-corrected chi connectivity index (χ3v) is 12.0. The number of nitrogens with zero attached hydrogens (tertiary/aromatic N) is 2. The van der Waals surface area contributed by atoms with Crippen molar-refractivity contribution in [1.29, 1.82) is 0 Å². The van der Waals surface area contributed by atoms with Gasteiger partial charge in [0.25, 0.3) is 0 Å². The van der Waals surface area contributed by atoms with Gasteiger partial charge in [0.1, 0.15) is 48.3 Å². The van der Waals surface area contributed by atoms with Gasteiger partial charge in [0, 0.05) is 13.1 Å². The maximum atomic E-state index is 14.4.